The molecule has 0 atom stereocenters. The van der Waals surface area contributed by atoms with Crippen molar-refractivity contribution in [2.75, 3.05) is 6.61 Å². The highest BCUT2D eigenvalue weighted by Gasteiger charge is 2.13. The van der Waals surface area contributed by atoms with Gasteiger partial charge in [-0.3, -0.25) is 4.68 Å². The number of hydrogen-bond donors (Lipinski definition) is 0. The van der Waals surface area contributed by atoms with Gasteiger partial charge in [0.15, 0.2) is 5.69 Å². The smallest absolute Gasteiger partial charge is 0.357 e. The Labute approximate surface area is 156 Å². The third kappa shape index (κ3) is 4.70. The maximum absolute atomic E-state index is 12.1. The summed E-state index contributed by atoms with van der Waals surface area (Å²) in [5.74, 6) is 0.409. The SMILES string of the molecule is CC(C)Oc1ccc(-c2nc(C(=O)OCCc3cnn(C)c3)cs2)cc1. The highest BCUT2D eigenvalue weighted by Crippen LogP contribution is 2.26. The molecule has 0 unspecified atom stereocenters. The predicted octanol–water partition coefficient (Wildman–Crippen LogP) is 3.73. The van der Waals surface area contributed by atoms with Crippen LogP contribution in [0.25, 0.3) is 10.6 Å². The number of aryl methyl sites for hydroxylation is 1. The number of aromatic nitrogens is 3. The molecule has 7 heteroatoms. The minimum atomic E-state index is -0.406. The Morgan fingerprint density at radius 1 is 1.27 bits per heavy atom. The normalized spacial score (nSPS) is 10.9. The number of carbonyl (C=O) groups excluding carboxylic acids is 1. The van der Waals surface area contributed by atoms with Crippen molar-refractivity contribution in [3.63, 3.8) is 0 Å². The van der Waals surface area contributed by atoms with Crippen LogP contribution in [0.2, 0.25) is 0 Å². The van der Waals surface area contributed by atoms with E-state index in [1.807, 2.05) is 51.4 Å². The number of esters is 1. The largest absolute Gasteiger partial charge is 0.491 e. The summed E-state index contributed by atoms with van der Waals surface area (Å²) in [6, 6.07) is 7.69. The summed E-state index contributed by atoms with van der Waals surface area (Å²) in [6.07, 6.45) is 4.44. The van der Waals surface area contributed by atoms with E-state index >= 15 is 0 Å². The van der Waals surface area contributed by atoms with Gasteiger partial charge in [-0.25, -0.2) is 9.78 Å². The second-order valence-electron chi connectivity index (χ2n) is 6.14. The van der Waals surface area contributed by atoms with Gasteiger partial charge < -0.3 is 9.47 Å². The molecule has 2 aromatic heterocycles. The van der Waals surface area contributed by atoms with Gasteiger partial charge in [-0.15, -0.1) is 11.3 Å². The zero-order chi connectivity index (χ0) is 18.5. The first-order chi connectivity index (χ1) is 12.5. The number of benzene rings is 1. The van der Waals surface area contributed by atoms with Crippen molar-refractivity contribution in [2.45, 2.75) is 26.4 Å². The maximum Gasteiger partial charge on any atom is 0.357 e. The summed E-state index contributed by atoms with van der Waals surface area (Å²) < 4.78 is 12.7. The van der Waals surface area contributed by atoms with Crippen molar-refractivity contribution < 1.29 is 14.3 Å². The molecule has 0 aliphatic carbocycles. The molecule has 1 aromatic carbocycles. The average molecular weight is 371 g/mol. The Bertz CT molecular complexity index is 868. The minimum absolute atomic E-state index is 0.133. The Kier molecular flexibility index (Phi) is 5.68. The van der Waals surface area contributed by atoms with Gasteiger partial charge in [-0.1, -0.05) is 0 Å². The molecule has 0 N–H and O–H groups in total. The number of nitrogens with zero attached hydrogens (tertiary/aromatic N) is 3. The molecule has 2 heterocycles. The average Bonchev–Trinajstić information content (AvgIpc) is 3.24. The molecule has 0 aliphatic heterocycles. The fourth-order valence-corrected chi connectivity index (χ4v) is 3.18. The first-order valence-electron chi connectivity index (χ1n) is 8.38. The van der Waals surface area contributed by atoms with Crippen molar-refractivity contribution in [3.05, 3.63) is 53.3 Å². The van der Waals surface area contributed by atoms with Crippen molar-refractivity contribution in [1.82, 2.24) is 14.8 Å². The Morgan fingerprint density at radius 3 is 2.69 bits per heavy atom. The van der Waals surface area contributed by atoms with E-state index in [1.165, 1.54) is 11.3 Å². The number of ether oxygens (including phenoxy) is 2. The summed E-state index contributed by atoms with van der Waals surface area (Å²) in [5, 5.41) is 6.59. The topological polar surface area (TPSA) is 66.2 Å². The van der Waals surface area contributed by atoms with Crippen molar-refractivity contribution in [1.29, 1.82) is 0 Å². The van der Waals surface area contributed by atoms with Crippen molar-refractivity contribution >= 4 is 17.3 Å². The molecule has 0 aliphatic rings. The Hall–Kier alpha value is -2.67. The molecule has 3 rings (SSSR count). The quantitative estimate of drug-likeness (QED) is 0.592. The first-order valence-corrected chi connectivity index (χ1v) is 9.26. The van der Waals surface area contributed by atoms with Gasteiger partial charge in [0.2, 0.25) is 0 Å². The van der Waals surface area contributed by atoms with Gasteiger partial charge in [0.25, 0.3) is 0 Å². The molecular weight excluding hydrogens is 350 g/mol. The maximum atomic E-state index is 12.1. The summed E-state index contributed by atoms with van der Waals surface area (Å²) in [4.78, 5) is 16.5. The lowest BCUT2D eigenvalue weighted by atomic mass is 10.2. The van der Waals surface area contributed by atoms with E-state index in [0.29, 0.717) is 18.7 Å². The monoisotopic (exact) mass is 371 g/mol. The fourth-order valence-electron chi connectivity index (χ4n) is 2.38. The fraction of sp³-hybridized carbons (Fsp3) is 0.316. The van der Waals surface area contributed by atoms with Crippen molar-refractivity contribution in [2.24, 2.45) is 7.05 Å². The first kappa shape index (κ1) is 18.1. The van der Waals surface area contributed by atoms with E-state index in [0.717, 1.165) is 21.9 Å². The van der Waals surface area contributed by atoms with E-state index in [2.05, 4.69) is 10.1 Å². The lowest BCUT2D eigenvalue weighted by Crippen LogP contribution is -2.08. The van der Waals surface area contributed by atoms with Crippen molar-refractivity contribution in [3.8, 4) is 16.3 Å². The molecule has 26 heavy (non-hydrogen) atoms. The second kappa shape index (κ2) is 8.14. The lowest BCUT2D eigenvalue weighted by Gasteiger charge is -2.09. The molecule has 0 bridgehead atoms. The van der Waals surface area contributed by atoms with Gasteiger partial charge >= 0.3 is 5.97 Å². The molecule has 0 fully saturated rings. The number of thiazole rings is 1. The molecule has 3 aromatic rings. The third-order valence-electron chi connectivity index (χ3n) is 3.57. The van der Waals surface area contributed by atoms with Crippen LogP contribution in [0.4, 0.5) is 0 Å². The van der Waals surface area contributed by atoms with Crippen LogP contribution in [0, 0.1) is 0 Å². The van der Waals surface area contributed by atoms with Crippen LogP contribution in [-0.2, 0) is 18.2 Å². The van der Waals surface area contributed by atoms with Crippen LogP contribution in [0.5, 0.6) is 5.75 Å². The zero-order valence-electron chi connectivity index (χ0n) is 15.0. The molecular formula is C19H21N3O3S. The number of carbonyl (C=O) groups is 1. The van der Waals surface area contributed by atoms with Crippen LogP contribution >= 0.6 is 11.3 Å². The minimum Gasteiger partial charge on any atom is -0.491 e. The summed E-state index contributed by atoms with van der Waals surface area (Å²) >= 11 is 1.42. The van der Waals surface area contributed by atoms with E-state index in [9.17, 15) is 4.79 Å². The number of rotatable bonds is 7. The predicted molar refractivity (Wildman–Crippen MR) is 101 cm³/mol. The molecule has 0 spiro atoms. The van der Waals surface area contributed by atoms with E-state index in [4.69, 9.17) is 9.47 Å². The molecule has 0 saturated heterocycles. The molecule has 6 nitrogen and oxygen atoms in total. The van der Waals surface area contributed by atoms with Gasteiger partial charge in [0.1, 0.15) is 10.8 Å². The van der Waals surface area contributed by atoms with Gasteiger partial charge in [-0.2, -0.15) is 5.10 Å². The summed E-state index contributed by atoms with van der Waals surface area (Å²) in [5.41, 5.74) is 2.31. The van der Waals surface area contributed by atoms with E-state index in [-0.39, 0.29) is 6.10 Å². The summed E-state index contributed by atoms with van der Waals surface area (Å²) in [7, 11) is 1.85. The van der Waals surface area contributed by atoms with Crippen LogP contribution in [-0.4, -0.2) is 33.4 Å². The zero-order valence-corrected chi connectivity index (χ0v) is 15.8. The number of hydrogen-bond acceptors (Lipinski definition) is 6. The summed E-state index contributed by atoms with van der Waals surface area (Å²) in [6.45, 7) is 4.28. The molecule has 0 amide bonds. The van der Waals surface area contributed by atoms with Crippen LogP contribution in [0.1, 0.15) is 29.9 Å². The van der Waals surface area contributed by atoms with Crippen LogP contribution < -0.4 is 4.74 Å². The Morgan fingerprint density at radius 2 is 2.04 bits per heavy atom. The Balaban J connectivity index is 1.57. The second-order valence-corrected chi connectivity index (χ2v) is 7.00. The molecule has 136 valence electrons. The van der Waals surface area contributed by atoms with E-state index < -0.39 is 5.97 Å². The highest BCUT2D eigenvalue weighted by atomic mass is 32.1. The molecule has 0 radical (unpaired) electrons. The van der Waals surface area contributed by atoms with E-state index in [1.54, 1.807) is 16.3 Å². The van der Waals surface area contributed by atoms with Crippen LogP contribution in [0.15, 0.2) is 42.0 Å². The van der Waals surface area contributed by atoms with Gasteiger partial charge in [0.05, 0.1) is 18.9 Å². The molecule has 0 saturated carbocycles. The van der Waals surface area contributed by atoms with Gasteiger partial charge in [0, 0.05) is 30.6 Å². The lowest BCUT2D eigenvalue weighted by molar-refractivity contribution is 0.0503. The third-order valence-corrected chi connectivity index (χ3v) is 4.46. The van der Waals surface area contributed by atoms with Crippen LogP contribution in [0.3, 0.4) is 0 Å². The van der Waals surface area contributed by atoms with Gasteiger partial charge in [-0.05, 0) is 43.7 Å². The highest BCUT2D eigenvalue weighted by molar-refractivity contribution is 7.13. The standard InChI is InChI=1S/C19H21N3O3S/c1-13(2)25-16-6-4-15(5-7-16)18-21-17(12-26-18)19(23)24-9-8-14-10-20-22(3)11-14/h4-7,10-13H,8-9H2,1-3H3.